The highest BCUT2D eigenvalue weighted by atomic mass is 35.5. The van der Waals surface area contributed by atoms with Gasteiger partial charge >= 0.3 is 11.8 Å². The molecule has 0 aromatic heterocycles. The minimum absolute atomic E-state index is 0.252. The molecule has 25 heavy (non-hydrogen) atoms. The number of nitrogens with zero attached hydrogens (tertiary/aromatic N) is 1. The molecule has 0 saturated carbocycles. The van der Waals surface area contributed by atoms with Gasteiger partial charge in [0, 0.05) is 10.7 Å². The Hall–Kier alpha value is -2.34. The molecular formula is C18H16ClF2NO3. The molecule has 0 aliphatic carbocycles. The largest absolute Gasteiger partial charge is 0.493 e. The summed E-state index contributed by atoms with van der Waals surface area (Å²) in [7, 11) is 2.88. The molecule has 4 nitrogen and oxygen atoms in total. The van der Waals surface area contributed by atoms with Crippen LogP contribution in [0.25, 0.3) is 0 Å². The monoisotopic (exact) mass is 367 g/mol. The molecule has 1 unspecified atom stereocenters. The lowest BCUT2D eigenvalue weighted by Gasteiger charge is -2.47. The van der Waals surface area contributed by atoms with Crippen LogP contribution in [0.15, 0.2) is 36.4 Å². The van der Waals surface area contributed by atoms with Gasteiger partial charge in [-0.15, -0.1) is 0 Å². The number of benzene rings is 2. The van der Waals surface area contributed by atoms with Gasteiger partial charge in [0.05, 0.1) is 14.2 Å². The fraction of sp³-hybridized carbons (Fsp3) is 0.278. The molecule has 1 atom stereocenters. The van der Waals surface area contributed by atoms with E-state index in [0.717, 1.165) is 4.90 Å². The van der Waals surface area contributed by atoms with Gasteiger partial charge in [0.15, 0.2) is 11.5 Å². The summed E-state index contributed by atoms with van der Waals surface area (Å²) in [6.07, 6.45) is 0. The molecule has 1 aliphatic rings. The van der Waals surface area contributed by atoms with Crippen LogP contribution in [0, 0.1) is 6.92 Å². The van der Waals surface area contributed by atoms with Gasteiger partial charge in [-0.25, -0.2) is 0 Å². The first-order chi connectivity index (χ1) is 11.8. The Morgan fingerprint density at radius 3 is 2.44 bits per heavy atom. The van der Waals surface area contributed by atoms with E-state index in [2.05, 4.69) is 0 Å². The first kappa shape index (κ1) is 17.5. The molecule has 1 amide bonds. The van der Waals surface area contributed by atoms with Crippen LogP contribution in [0.3, 0.4) is 0 Å². The van der Waals surface area contributed by atoms with E-state index >= 15 is 0 Å². The van der Waals surface area contributed by atoms with Gasteiger partial charge in [-0.1, -0.05) is 23.7 Å². The van der Waals surface area contributed by atoms with Gasteiger partial charge in [-0.05, 0) is 42.3 Å². The predicted molar refractivity (Wildman–Crippen MR) is 90.9 cm³/mol. The number of hydrogen-bond acceptors (Lipinski definition) is 3. The summed E-state index contributed by atoms with van der Waals surface area (Å²) in [6, 6.07) is 7.93. The van der Waals surface area contributed by atoms with Crippen molar-refractivity contribution >= 4 is 23.2 Å². The van der Waals surface area contributed by atoms with Crippen LogP contribution in [0.2, 0.25) is 5.02 Å². The molecule has 1 saturated heterocycles. The summed E-state index contributed by atoms with van der Waals surface area (Å²) in [4.78, 5) is 13.2. The molecular weight excluding hydrogens is 352 g/mol. The normalized spacial score (nSPS) is 18.7. The standard InChI is InChI=1S/C18H16ClF2NO3/c1-10-12(19)5-4-6-13(10)22-16(18(20,21)17(22)23)11-7-8-14(24-2)15(9-11)25-3/h4-9,16H,1-3H3. The van der Waals surface area contributed by atoms with E-state index in [1.807, 2.05) is 0 Å². The maximum atomic E-state index is 14.4. The van der Waals surface area contributed by atoms with Crippen LogP contribution in [0.1, 0.15) is 17.2 Å². The third-order valence-corrected chi connectivity index (χ3v) is 4.74. The second-order valence-corrected chi connectivity index (χ2v) is 6.11. The average Bonchev–Trinajstić information content (AvgIpc) is 2.61. The zero-order valence-corrected chi connectivity index (χ0v) is 14.6. The third kappa shape index (κ3) is 2.61. The number of carbonyl (C=O) groups excluding carboxylic acids is 1. The van der Waals surface area contributed by atoms with Crippen molar-refractivity contribution in [2.75, 3.05) is 19.1 Å². The Labute approximate surface area is 148 Å². The molecule has 132 valence electrons. The zero-order chi connectivity index (χ0) is 18.4. The Morgan fingerprint density at radius 1 is 1.12 bits per heavy atom. The molecule has 1 heterocycles. The molecule has 3 rings (SSSR count). The molecule has 2 aromatic carbocycles. The number of carbonyl (C=O) groups is 1. The summed E-state index contributed by atoms with van der Waals surface area (Å²) in [5.74, 6) is -4.02. The smallest absolute Gasteiger partial charge is 0.349 e. The zero-order valence-electron chi connectivity index (χ0n) is 13.8. The van der Waals surface area contributed by atoms with Gasteiger partial charge in [0.25, 0.3) is 0 Å². The minimum Gasteiger partial charge on any atom is -0.493 e. The summed E-state index contributed by atoms with van der Waals surface area (Å²) < 4.78 is 39.1. The van der Waals surface area contributed by atoms with Crippen molar-refractivity contribution in [2.45, 2.75) is 18.9 Å². The fourth-order valence-corrected chi connectivity index (χ4v) is 3.15. The van der Waals surface area contributed by atoms with E-state index < -0.39 is 17.9 Å². The SMILES string of the molecule is COc1ccc(C2N(c3cccc(Cl)c3C)C(=O)C2(F)F)cc1OC. The van der Waals surface area contributed by atoms with Crippen LogP contribution in [0.4, 0.5) is 14.5 Å². The predicted octanol–water partition coefficient (Wildman–Crippen LogP) is 4.39. The second kappa shape index (κ2) is 6.19. The van der Waals surface area contributed by atoms with Gasteiger partial charge in [-0.3, -0.25) is 9.69 Å². The van der Waals surface area contributed by atoms with Crippen molar-refractivity contribution in [3.05, 3.63) is 52.5 Å². The Bertz CT molecular complexity index is 841. The number of methoxy groups -OCH3 is 2. The lowest BCUT2D eigenvalue weighted by molar-refractivity contribution is -0.162. The van der Waals surface area contributed by atoms with Crippen LogP contribution in [0.5, 0.6) is 11.5 Å². The third-order valence-electron chi connectivity index (χ3n) is 4.33. The Balaban J connectivity index is 2.09. The van der Waals surface area contributed by atoms with Crippen molar-refractivity contribution in [1.29, 1.82) is 0 Å². The van der Waals surface area contributed by atoms with E-state index in [0.29, 0.717) is 27.8 Å². The number of hydrogen-bond donors (Lipinski definition) is 0. The quantitative estimate of drug-likeness (QED) is 0.752. The van der Waals surface area contributed by atoms with E-state index in [9.17, 15) is 13.6 Å². The summed E-state index contributed by atoms with van der Waals surface area (Å²) in [5, 5.41) is 0.409. The van der Waals surface area contributed by atoms with Gasteiger partial charge < -0.3 is 9.47 Å². The van der Waals surface area contributed by atoms with Crippen molar-refractivity contribution < 1.29 is 23.0 Å². The molecule has 0 bridgehead atoms. The first-order valence-electron chi connectivity index (χ1n) is 7.51. The lowest BCUT2D eigenvalue weighted by Crippen LogP contribution is -2.64. The van der Waals surface area contributed by atoms with Crippen LogP contribution < -0.4 is 14.4 Å². The minimum atomic E-state index is -3.51. The van der Waals surface area contributed by atoms with E-state index in [4.69, 9.17) is 21.1 Å². The highest BCUT2D eigenvalue weighted by Crippen LogP contribution is 2.51. The number of amides is 1. The first-order valence-corrected chi connectivity index (χ1v) is 7.89. The molecule has 0 radical (unpaired) electrons. The highest BCUT2D eigenvalue weighted by molar-refractivity contribution is 6.32. The Morgan fingerprint density at radius 2 is 1.80 bits per heavy atom. The summed E-state index contributed by atoms with van der Waals surface area (Å²) in [5.41, 5.74) is 1.18. The molecule has 0 N–H and O–H groups in total. The summed E-state index contributed by atoms with van der Waals surface area (Å²) in [6.45, 7) is 1.69. The fourth-order valence-electron chi connectivity index (χ4n) is 2.98. The van der Waals surface area contributed by atoms with Gasteiger partial charge in [-0.2, -0.15) is 8.78 Å². The van der Waals surface area contributed by atoms with Crippen molar-refractivity contribution in [1.82, 2.24) is 0 Å². The molecule has 1 aliphatic heterocycles. The Kier molecular flexibility index (Phi) is 4.33. The van der Waals surface area contributed by atoms with Gasteiger partial charge in [0.1, 0.15) is 6.04 Å². The van der Waals surface area contributed by atoms with Crippen molar-refractivity contribution in [2.24, 2.45) is 0 Å². The maximum absolute atomic E-state index is 14.4. The maximum Gasteiger partial charge on any atom is 0.349 e. The molecule has 2 aromatic rings. The van der Waals surface area contributed by atoms with Crippen LogP contribution in [-0.4, -0.2) is 26.0 Å². The topological polar surface area (TPSA) is 38.8 Å². The van der Waals surface area contributed by atoms with E-state index in [-0.39, 0.29) is 5.56 Å². The second-order valence-electron chi connectivity index (χ2n) is 5.70. The van der Waals surface area contributed by atoms with Gasteiger partial charge in [0.2, 0.25) is 0 Å². The molecule has 7 heteroatoms. The summed E-state index contributed by atoms with van der Waals surface area (Å²) >= 11 is 6.08. The van der Waals surface area contributed by atoms with Crippen molar-refractivity contribution in [3.8, 4) is 11.5 Å². The number of anilines is 1. The number of halogens is 3. The average molecular weight is 368 g/mol. The number of ether oxygens (including phenoxy) is 2. The highest BCUT2D eigenvalue weighted by Gasteiger charge is 2.65. The van der Waals surface area contributed by atoms with Crippen molar-refractivity contribution in [3.63, 3.8) is 0 Å². The number of β-lactam (4-membered cyclic amide) rings is 1. The van der Waals surface area contributed by atoms with E-state index in [1.54, 1.807) is 25.1 Å². The molecule has 1 fully saturated rings. The molecule has 0 spiro atoms. The van der Waals surface area contributed by atoms with E-state index in [1.165, 1.54) is 32.4 Å². The van der Waals surface area contributed by atoms with Crippen LogP contribution >= 0.6 is 11.6 Å². The van der Waals surface area contributed by atoms with Crippen LogP contribution in [-0.2, 0) is 4.79 Å². The lowest BCUT2D eigenvalue weighted by atomic mass is 9.88. The number of alkyl halides is 2. The number of rotatable bonds is 4.